The Balaban J connectivity index is 2.01. The predicted molar refractivity (Wildman–Crippen MR) is 105 cm³/mol. The molecular weight excluding hydrogens is 362 g/mol. The summed E-state index contributed by atoms with van der Waals surface area (Å²) in [6.07, 6.45) is 4.84. The van der Waals surface area contributed by atoms with Crippen molar-refractivity contribution in [3.8, 4) is 0 Å². The highest BCUT2D eigenvalue weighted by Crippen LogP contribution is 2.50. The Morgan fingerprint density at radius 3 is 2.44 bits per heavy atom. The molecule has 0 N–H and O–H groups in total. The standard InChI is InChI=1S/C21H29NO4S/c1-6-7-17-18-12-13-21(17,14-22(18)19(23)26-20(3,4)5)27(24,25)16-10-8-15(2)9-11-16/h8-13,17-18H,6-7,14H2,1-5H3/t17-,18-,21+/m1/s1. The van der Waals surface area contributed by atoms with Crippen LogP contribution in [0.15, 0.2) is 41.3 Å². The number of carbonyl (C=O) groups is 1. The van der Waals surface area contributed by atoms with Crippen molar-refractivity contribution < 1.29 is 17.9 Å². The number of likely N-dealkylation sites (tertiary alicyclic amines) is 1. The molecule has 1 aliphatic carbocycles. The average Bonchev–Trinajstić information content (AvgIpc) is 3.08. The number of carbonyl (C=O) groups excluding carboxylic acids is 1. The highest BCUT2D eigenvalue weighted by Gasteiger charge is 2.62. The first-order chi connectivity index (χ1) is 12.5. The van der Waals surface area contributed by atoms with Crippen molar-refractivity contribution in [3.63, 3.8) is 0 Å². The number of nitrogens with zero attached hydrogens (tertiary/aromatic N) is 1. The molecule has 27 heavy (non-hydrogen) atoms. The zero-order valence-electron chi connectivity index (χ0n) is 16.7. The van der Waals surface area contributed by atoms with Gasteiger partial charge in [0.15, 0.2) is 9.84 Å². The van der Waals surface area contributed by atoms with Crippen LogP contribution >= 0.6 is 0 Å². The minimum absolute atomic E-state index is 0.143. The molecule has 1 amide bonds. The Kier molecular flexibility index (Phi) is 4.91. The van der Waals surface area contributed by atoms with Gasteiger partial charge in [-0.2, -0.15) is 0 Å². The highest BCUT2D eigenvalue weighted by molar-refractivity contribution is 7.93. The molecule has 0 aromatic heterocycles. The zero-order chi connectivity index (χ0) is 20.0. The third-order valence-corrected chi connectivity index (χ3v) is 7.91. The summed E-state index contributed by atoms with van der Waals surface area (Å²) in [5.74, 6) is -0.152. The van der Waals surface area contributed by atoms with Crippen LogP contribution in [0.5, 0.6) is 0 Å². The fraction of sp³-hybridized carbons (Fsp3) is 0.571. The molecule has 1 aromatic rings. The van der Waals surface area contributed by atoms with Crippen LogP contribution < -0.4 is 0 Å². The number of hydrogen-bond acceptors (Lipinski definition) is 4. The van der Waals surface area contributed by atoms with Crippen LogP contribution in [0.25, 0.3) is 0 Å². The smallest absolute Gasteiger partial charge is 0.410 e. The summed E-state index contributed by atoms with van der Waals surface area (Å²) >= 11 is 0. The number of ether oxygens (including phenoxy) is 1. The van der Waals surface area contributed by atoms with E-state index in [1.54, 1.807) is 17.0 Å². The SMILES string of the molecule is CCC[C@@H]1[C@H]2C=C[C@]1(S(=O)(=O)c1ccc(C)cc1)CN2C(=O)OC(C)(C)C. The summed E-state index contributed by atoms with van der Waals surface area (Å²) in [5, 5.41) is 0. The fourth-order valence-electron chi connectivity index (χ4n) is 4.21. The largest absolute Gasteiger partial charge is 0.444 e. The Bertz CT molecular complexity index is 851. The van der Waals surface area contributed by atoms with Crippen LogP contribution in [-0.4, -0.2) is 42.3 Å². The van der Waals surface area contributed by atoms with Crippen LogP contribution in [0.3, 0.4) is 0 Å². The number of hydrogen-bond donors (Lipinski definition) is 0. The molecule has 0 radical (unpaired) electrons. The maximum absolute atomic E-state index is 13.6. The second-order valence-electron chi connectivity index (χ2n) is 8.62. The van der Waals surface area contributed by atoms with Crippen LogP contribution in [0.2, 0.25) is 0 Å². The molecule has 3 rings (SSSR count). The summed E-state index contributed by atoms with van der Waals surface area (Å²) in [7, 11) is -3.64. The van der Waals surface area contributed by atoms with Crippen LogP contribution in [0.1, 0.15) is 46.1 Å². The van der Waals surface area contributed by atoms with E-state index in [2.05, 4.69) is 0 Å². The zero-order valence-corrected chi connectivity index (χ0v) is 17.5. The van der Waals surface area contributed by atoms with Crippen molar-refractivity contribution in [1.29, 1.82) is 0 Å². The van der Waals surface area contributed by atoms with Gasteiger partial charge in [-0.15, -0.1) is 0 Å². The quantitative estimate of drug-likeness (QED) is 0.725. The first-order valence-corrected chi connectivity index (χ1v) is 11.0. The third-order valence-electron chi connectivity index (χ3n) is 5.45. The predicted octanol–water partition coefficient (Wildman–Crippen LogP) is 4.11. The molecule has 1 heterocycles. The maximum atomic E-state index is 13.6. The van der Waals surface area contributed by atoms with Gasteiger partial charge in [0.1, 0.15) is 10.3 Å². The first-order valence-electron chi connectivity index (χ1n) is 9.52. The van der Waals surface area contributed by atoms with Crippen molar-refractivity contribution >= 4 is 15.9 Å². The lowest BCUT2D eigenvalue weighted by Gasteiger charge is -2.31. The molecule has 0 unspecified atom stereocenters. The minimum Gasteiger partial charge on any atom is -0.444 e. The Morgan fingerprint density at radius 2 is 1.89 bits per heavy atom. The molecule has 3 atom stereocenters. The molecular formula is C21H29NO4S. The van der Waals surface area contributed by atoms with Gasteiger partial charge in [-0.25, -0.2) is 13.2 Å². The molecule has 1 saturated heterocycles. The molecule has 2 aliphatic rings. The molecule has 1 aliphatic heterocycles. The van der Waals surface area contributed by atoms with E-state index in [0.717, 1.165) is 18.4 Å². The Labute approximate surface area is 162 Å². The van der Waals surface area contributed by atoms with E-state index in [1.165, 1.54) is 0 Å². The van der Waals surface area contributed by atoms with E-state index in [-0.39, 0.29) is 18.5 Å². The number of amides is 1. The molecule has 148 valence electrons. The fourth-order valence-corrected chi connectivity index (χ4v) is 6.37. The molecule has 0 spiro atoms. The van der Waals surface area contributed by atoms with Crippen molar-refractivity contribution in [1.82, 2.24) is 4.90 Å². The van der Waals surface area contributed by atoms with Gasteiger partial charge in [-0.3, -0.25) is 4.90 Å². The lowest BCUT2D eigenvalue weighted by Crippen LogP contribution is -2.46. The van der Waals surface area contributed by atoms with Crippen molar-refractivity contribution in [2.24, 2.45) is 5.92 Å². The molecule has 1 fully saturated rings. The highest BCUT2D eigenvalue weighted by atomic mass is 32.2. The van der Waals surface area contributed by atoms with Crippen LogP contribution in [0, 0.1) is 12.8 Å². The summed E-state index contributed by atoms with van der Waals surface area (Å²) in [6.45, 7) is 9.57. The topological polar surface area (TPSA) is 63.7 Å². The maximum Gasteiger partial charge on any atom is 0.410 e. The molecule has 6 heteroatoms. The Morgan fingerprint density at radius 1 is 1.26 bits per heavy atom. The van der Waals surface area contributed by atoms with Crippen molar-refractivity contribution in [2.45, 2.75) is 68.7 Å². The summed E-state index contributed by atoms with van der Waals surface area (Å²) in [5.41, 5.74) is 0.393. The number of rotatable bonds is 4. The second-order valence-corrected chi connectivity index (χ2v) is 10.9. The van der Waals surface area contributed by atoms with E-state index in [9.17, 15) is 13.2 Å². The van der Waals surface area contributed by atoms with E-state index in [1.807, 2.05) is 58.9 Å². The lowest BCUT2D eigenvalue weighted by atomic mass is 9.92. The lowest BCUT2D eigenvalue weighted by molar-refractivity contribution is 0.0237. The van der Waals surface area contributed by atoms with Crippen molar-refractivity contribution in [2.75, 3.05) is 6.54 Å². The van der Waals surface area contributed by atoms with Gasteiger partial charge in [0, 0.05) is 12.5 Å². The number of fused-ring (bicyclic) bond motifs is 2. The Hall–Kier alpha value is -1.82. The molecule has 5 nitrogen and oxygen atoms in total. The number of sulfone groups is 1. The van der Waals surface area contributed by atoms with Gasteiger partial charge in [0.25, 0.3) is 0 Å². The minimum atomic E-state index is -3.64. The summed E-state index contributed by atoms with van der Waals surface area (Å²) in [6, 6.07) is 6.73. The van der Waals surface area contributed by atoms with Crippen molar-refractivity contribution in [3.05, 3.63) is 42.0 Å². The molecule has 0 saturated carbocycles. The van der Waals surface area contributed by atoms with E-state index < -0.39 is 26.3 Å². The van der Waals surface area contributed by atoms with Gasteiger partial charge in [-0.1, -0.05) is 43.2 Å². The third kappa shape index (κ3) is 3.28. The number of aryl methyl sites for hydroxylation is 1. The van der Waals surface area contributed by atoms with Gasteiger partial charge in [0.2, 0.25) is 0 Å². The van der Waals surface area contributed by atoms with Crippen LogP contribution in [-0.2, 0) is 14.6 Å². The molecule has 1 aromatic carbocycles. The van der Waals surface area contributed by atoms with Gasteiger partial charge in [-0.05, 0) is 46.2 Å². The normalized spacial score (nSPS) is 27.2. The van der Waals surface area contributed by atoms with Gasteiger partial charge < -0.3 is 4.74 Å². The van der Waals surface area contributed by atoms with Crippen LogP contribution in [0.4, 0.5) is 4.79 Å². The van der Waals surface area contributed by atoms with E-state index in [4.69, 9.17) is 4.74 Å². The summed E-state index contributed by atoms with van der Waals surface area (Å²) < 4.78 is 31.7. The average molecular weight is 392 g/mol. The van der Waals surface area contributed by atoms with E-state index in [0.29, 0.717) is 4.90 Å². The summed E-state index contributed by atoms with van der Waals surface area (Å²) in [4.78, 5) is 14.6. The first kappa shape index (κ1) is 19.9. The monoisotopic (exact) mass is 391 g/mol. The van der Waals surface area contributed by atoms with E-state index >= 15 is 0 Å². The number of benzene rings is 1. The second kappa shape index (κ2) is 6.66. The van der Waals surface area contributed by atoms with Gasteiger partial charge >= 0.3 is 6.09 Å². The van der Waals surface area contributed by atoms with Gasteiger partial charge in [0.05, 0.1) is 10.9 Å². The molecule has 2 bridgehead atoms.